The van der Waals surface area contributed by atoms with Gasteiger partial charge in [-0.2, -0.15) is 0 Å². The van der Waals surface area contributed by atoms with E-state index in [0.29, 0.717) is 24.7 Å². The van der Waals surface area contributed by atoms with Crippen LogP contribution in [0.15, 0.2) is 34.4 Å². The maximum Gasteiger partial charge on any atom is 0.486 e. The van der Waals surface area contributed by atoms with Gasteiger partial charge in [0, 0.05) is 60.5 Å². The van der Waals surface area contributed by atoms with E-state index in [1.54, 1.807) is 6.08 Å². The van der Waals surface area contributed by atoms with Crippen LogP contribution in [0.1, 0.15) is 231 Å². The van der Waals surface area contributed by atoms with Crippen molar-refractivity contribution in [1.82, 2.24) is 0 Å². The van der Waals surface area contributed by atoms with Gasteiger partial charge in [0.25, 0.3) is 0 Å². The van der Waals surface area contributed by atoms with Gasteiger partial charge in [0.2, 0.25) is 0 Å². The van der Waals surface area contributed by atoms with E-state index in [0.717, 1.165) is 38.5 Å². The summed E-state index contributed by atoms with van der Waals surface area (Å²) in [5, 5.41) is -0.409. The highest BCUT2D eigenvalue weighted by atomic mass is 127. The number of carbonyl (C=O) groups excluding carboxylic acids is 3. The van der Waals surface area contributed by atoms with Gasteiger partial charge in [-0.05, 0) is 168 Å². The van der Waals surface area contributed by atoms with E-state index in [-0.39, 0.29) is 67.8 Å². The second kappa shape index (κ2) is 32.8. The molecular weight excluding hydrogens is 1330 g/mol. The highest BCUT2D eigenvalue weighted by Gasteiger charge is 2.54. The number of ketones is 2. The fourth-order valence-corrected chi connectivity index (χ4v) is 18.7. The summed E-state index contributed by atoms with van der Waals surface area (Å²) >= 11 is 2.31. The molecule has 3 aliphatic rings. The number of hydrogen-bond acceptors (Lipinski definition) is 12. The molecule has 3 rings (SSSR count). The van der Waals surface area contributed by atoms with Gasteiger partial charge in [0.05, 0.1) is 41.7 Å². The monoisotopic (exact) mass is 1470 g/mol. The Kier molecular flexibility index (Phi) is 30.5. The van der Waals surface area contributed by atoms with E-state index in [9.17, 15) is 4.79 Å². The van der Waals surface area contributed by atoms with Crippen LogP contribution < -0.4 is 0 Å². The molecule has 12 nitrogen and oxygen atoms in total. The average molecular weight is 1470 g/mol. The van der Waals surface area contributed by atoms with E-state index in [4.69, 9.17) is 41.2 Å². The summed E-state index contributed by atoms with van der Waals surface area (Å²) in [5.74, 6) is -1.61. The molecule has 3 saturated heterocycles. The van der Waals surface area contributed by atoms with E-state index >= 15 is 9.59 Å². The molecule has 0 aromatic heterocycles. The molecule has 0 aromatic carbocycles. The molecule has 1 spiro atoms. The third-order valence-corrected chi connectivity index (χ3v) is 42.5. The first kappa shape index (κ1) is 85.6. The molecular formula is C74H140BIO12Si4. The fraction of sp³-hybridized carbons (Fsp3) is 0.878. The van der Waals surface area contributed by atoms with Crippen molar-refractivity contribution < 1.29 is 55.6 Å². The highest BCUT2D eigenvalue weighted by Crippen LogP contribution is 2.49. The van der Waals surface area contributed by atoms with Gasteiger partial charge in [-0.3, -0.25) is 9.59 Å². The first-order valence-corrected chi connectivity index (χ1v) is 48.6. The number of halogens is 1. The van der Waals surface area contributed by atoms with E-state index in [1.165, 1.54) is 0 Å². The molecule has 534 valence electrons. The van der Waals surface area contributed by atoms with Gasteiger partial charge in [0.1, 0.15) is 17.7 Å². The molecule has 3 aliphatic heterocycles. The third kappa shape index (κ3) is 22.4. The van der Waals surface area contributed by atoms with Crippen molar-refractivity contribution in [2.45, 2.75) is 364 Å². The molecule has 0 N–H and O–H groups in total. The van der Waals surface area contributed by atoms with E-state index in [1.807, 2.05) is 46.7 Å². The summed E-state index contributed by atoms with van der Waals surface area (Å²) in [5.41, 5.74) is -0.912. The average Bonchev–Trinajstić information content (AvgIpc) is 0.909. The zero-order valence-corrected chi connectivity index (χ0v) is 71.4. The number of ether oxygens (including phenoxy) is 3. The van der Waals surface area contributed by atoms with Crippen molar-refractivity contribution in [3.8, 4) is 0 Å². The van der Waals surface area contributed by atoms with Crippen molar-refractivity contribution >= 4 is 80.5 Å². The van der Waals surface area contributed by atoms with Crippen molar-refractivity contribution in [3.63, 3.8) is 0 Å². The van der Waals surface area contributed by atoms with E-state index < -0.39 is 111 Å². The Labute approximate surface area is 583 Å². The molecule has 0 aliphatic carbocycles. The predicted molar refractivity (Wildman–Crippen MR) is 403 cm³/mol. The first-order valence-electron chi connectivity index (χ1n) is 35.8. The first-order chi connectivity index (χ1) is 41.4. The van der Waals surface area contributed by atoms with Crippen LogP contribution >= 0.6 is 22.6 Å². The second-order valence-corrected chi connectivity index (χ2v) is 56.0. The van der Waals surface area contributed by atoms with Crippen LogP contribution in [0.3, 0.4) is 0 Å². The SMILES string of the molecule is CC[C@@H](/C=C/I)CC[C@@H]1O[C@]2(CC[C@H](C)[C@H](C[C@@H](C)O[Si](C)(C)C(C)(C)C)O2)C[C@H](OC(=O)/C=C/[C@H](C)[C@@H](O[Si](C)(C)C(C)(C)C)[C@H](C)C(=O)[C@H](C)[C@@H](O[Si](C)(C)C(C)(C)C)[C@H](C)C(=O)[C@@H](C)[C@@H](O[Si](C)(C)C(C)(C)C)[C@H](C)C/C=C/B2OC(C)(C)C(C)(C)O2)[C@@H]1C. The second-order valence-electron chi connectivity index (χ2n) is 36.2. The summed E-state index contributed by atoms with van der Waals surface area (Å²) in [6.45, 7) is 74.0. The third-order valence-electron chi connectivity index (χ3n) is 24.0. The molecule has 0 amide bonds. The molecule has 0 radical (unpaired) electrons. The van der Waals surface area contributed by atoms with Crippen LogP contribution in [0.2, 0.25) is 72.5 Å². The van der Waals surface area contributed by atoms with Crippen molar-refractivity contribution in [1.29, 1.82) is 0 Å². The predicted octanol–water partition coefficient (Wildman–Crippen LogP) is 20.7. The van der Waals surface area contributed by atoms with Crippen LogP contribution in [0.4, 0.5) is 0 Å². The summed E-state index contributed by atoms with van der Waals surface area (Å²) in [4.78, 5) is 46.0. The summed E-state index contributed by atoms with van der Waals surface area (Å²) in [7, 11) is -10.1. The Bertz CT molecular complexity index is 2450. The smallest absolute Gasteiger partial charge is 0.459 e. The summed E-state index contributed by atoms with van der Waals surface area (Å²) in [6.07, 6.45) is 11.7. The Morgan fingerprint density at radius 3 is 1.50 bits per heavy atom. The van der Waals surface area contributed by atoms with Crippen LogP contribution in [0.5, 0.6) is 0 Å². The van der Waals surface area contributed by atoms with Crippen molar-refractivity contribution in [3.05, 3.63) is 34.4 Å². The lowest BCUT2D eigenvalue weighted by molar-refractivity contribution is -0.347. The van der Waals surface area contributed by atoms with Crippen molar-refractivity contribution in [2.24, 2.45) is 53.3 Å². The minimum Gasteiger partial charge on any atom is -0.459 e. The molecule has 0 unspecified atom stereocenters. The van der Waals surface area contributed by atoms with Gasteiger partial charge >= 0.3 is 13.1 Å². The standard InChI is InChI=1S/C74H140BIO12Si4/c1-35-58(43-46-76)39-40-59-53(6)61(48-74(81-59)44-42-49(2)60(82-74)47-52(5)83-89(27,28)68(11,12)13)80-62(77)41-38-51(4)66(85-91(31,32)70(17,18)19)55(8)64(79)57(10)67(86-92(33,34)71(20,21)22)56(9)63(78)54(7)65(84-90(29,30)69(14,15)16)50(3)37-36-45-75-87-72(23,24)73(25,26)88-75/h36,38,41,43,45-46,49-61,65-67H,35,37,39-40,42,44,47-48H2,1-34H3/b41-38+,45-36+,46-43+/t49-,50+,51-,52+,53+,54+,55+,56+,57-,58+,59-,60-,61-,65-,66+,67-,74-/m0/s1. The zero-order valence-electron chi connectivity index (χ0n) is 65.2. The van der Waals surface area contributed by atoms with Gasteiger partial charge in [-0.15, -0.1) is 0 Å². The van der Waals surface area contributed by atoms with Crippen LogP contribution in [-0.2, 0) is 55.6 Å². The Balaban J connectivity index is 2.08. The highest BCUT2D eigenvalue weighted by molar-refractivity contribution is 14.1. The van der Waals surface area contributed by atoms with Crippen molar-refractivity contribution in [2.75, 3.05) is 0 Å². The lowest BCUT2D eigenvalue weighted by atomic mass is 9.77. The van der Waals surface area contributed by atoms with Gasteiger partial charge in [-0.1, -0.05) is 192 Å². The maximum absolute atomic E-state index is 15.8. The minimum atomic E-state index is -2.61. The largest absolute Gasteiger partial charge is 0.486 e. The number of hydrogen-bond donors (Lipinski definition) is 0. The summed E-state index contributed by atoms with van der Waals surface area (Å²) in [6, 6.07) is 0. The topological polar surface area (TPSA) is 134 Å². The number of esters is 1. The number of carbonyl (C=O) groups is 3. The molecule has 3 fully saturated rings. The maximum atomic E-state index is 15.8. The molecule has 0 saturated carbocycles. The lowest BCUT2D eigenvalue weighted by Gasteiger charge is -2.52. The number of rotatable bonds is 31. The Morgan fingerprint density at radius 1 is 0.620 bits per heavy atom. The van der Waals surface area contributed by atoms with Crippen LogP contribution in [0, 0.1) is 53.3 Å². The molecule has 17 atom stereocenters. The van der Waals surface area contributed by atoms with Gasteiger partial charge in [-0.25, -0.2) is 4.79 Å². The van der Waals surface area contributed by atoms with Crippen LogP contribution in [0.25, 0.3) is 0 Å². The van der Waals surface area contributed by atoms with E-state index in [2.05, 4.69) is 237 Å². The summed E-state index contributed by atoms with van der Waals surface area (Å²) < 4.78 is 64.8. The van der Waals surface area contributed by atoms with Crippen LogP contribution in [-0.4, -0.2) is 118 Å². The Hall–Kier alpha value is -0.628. The number of allylic oxidation sites excluding steroid dienone is 2. The normalized spacial score (nSPS) is 27.0. The molecule has 0 bridgehead atoms. The minimum absolute atomic E-state index is 0.0156. The van der Waals surface area contributed by atoms with Gasteiger partial charge < -0.3 is 41.2 Å². The zero-order chi connectivity index (χ0) is 71.3. The number of Topliss-reactive ketones (excluding diaryl/α,β-unsaturated/α-hetero) is 2. The van der Waals surface area contributed by atoms with Gasteiger partial charge in [0.15, 0.2) is 39.1 Å². The molecule has 3 heterocycles. The lowest BCUT2D eigenvalue weighted by Crippen LogP contribution is -2.57. The molecule has 0 aromatic rings. The molecule has 18 heteroatoms. The quantitative estimate of drug-likeness (QED) is 0.0283. The fourth-order valence-electron chi connectivity index (χ4n) is 12.3. The Morgan fingerprint density at radius 2 is 1.04 bits per heavy atom. The molecule has 92 heavy (non-hydrogen) atoms.